The van der Waals surface area contributed by atoms with Gasteiger partial charge >= 0.3 is 6.16 Å². The van der Waals surface area contributed by atoms with Crippen LogP contribution in [0.1, 0.15) is 12.5 Å². The zero-order chi connectivity index (χ0) is 18.9. The van der Waals surface area contributed by atoms with E-state index in [0.29, 0.717) is 31.9 Å². The molecule has 8 nitrogen and oxygen atoms in total. The van der Waals surface area contributed by atoms with Gasteiger partial charge in [-0.2, -0.15) is 5.26 Å². The van der Waals surface area contributed by atoms with Crippen molar-refractivity contribution in [3.05, 3.63) is 29.3 Å². The highest BCUT2D eigenvalue weighted by Crippen LogP contribution is 2.29. The normalized spacial score (nSPS) is 14.3. The Morgan fingerprint density at radius 2 is 2.04 bits per heavy atom. The van der Waals surface area contributed by atoms with Gasteiger partial charge in [0.25, 0.3) is 5.91 Å². The molecule has 1 fully saturated rings. The molecule has 1 aliphatic heterocycles. The second-order valence-electron chi connectivity index (χ2n) is 5.27. The van der Waals surface area contributed by atoms with Gasteiger partial charge in [0, 0.05) is 13.1 Å². The molecule has 1 aromatic carbocycles. The van der Waals surface area contributed by atoms with Gasteiger partial charge in [-0.15, -0.1) is 0 Å². The highest BCUT2D eigenvalue weighted by atomic mass is 16.7. The number of nitrogens with zero attached hydrogens (tertiary/aromatic N) is 2. The summed E-state index contributed by atoms with van der Waals surface area (Å²) in [7, 11) is 1.42. The molecule has 2 rings (SSSR count). The average Bonchev–Trinajstić information content (AvgIpc) is 2.67. The van der Waals surface area contributed by atoms with Crippen LogP contribution in [0.15, 0.2) is 23.8 Å². The monoisotopic (exact) mass is 360 g/mol. The SMILES string of the molecule is CCOC(=O)Oc1ccc(/C=C(\C#N)C(=O)N2CCOCC2)cc1OC. The molecule has 0 saturated carbocycles. The Labute approximate surface area is 151 Å². The number of carbonyl (C=O) groups is 2. The van der Waals surface area contributed by atoms with Gasteiger partial charge in [-0.3, -0.25) is 4.79 Å². The zero-order valence-corrected chi connectivity index (χ0v) is 14.7. The number of ether oxygens (including phenoxy) is 4. The van der Waals surface area contributed by atoms with Crippen molar-refractivity contribution in [2.24, 2.45) is 0 Å². The zero-order valence-electron chi connectivity index (χ0n) is 14.7. The van der Waals surface area contributed by atoms with Gasteiger partial charge < -0.3 is 23.8 Å². The fraction of sp³-hybridized carbons (Fsp3) is 0.389. The van der Waals surface area contributed by atoms with Crippen molar-refractivity contribution in [1.82, 2.24) is 4.90 Å². The predicted molar refractivity (Wildman–Crippen MR) is 91.6 cm³/mol. The largest absolute Gasteiger partial charge is 0.513 e. The van der Waals surface area contributed by atoms with E-state index in [4.69, 9.17) is 18.9 Å². The summed E-state index contributed by atoms with van der Waals surface area (Å²) in [5, 5.41) is 9.33. The van der Waals surface area contributed by atoms with Crippen LogP contribution in [-0.4, -0.2) is 57.0 Å². The maximum atomic E-state index is 12.4. The smallest absolute Gasteiger partial charge is 0.493 e. The van der Waals surface area contributed by atoms with Gasteiger partial charge in [0.2, 0.25) is 0 Å². The molecule has 1 heterocycles. The average molecular weight is 360 g/mol. The Balaban J connectivity index is 2.20. The van der Waals surface area contributed by atoms with Crippen molar-refractivity contribution in [3.8, 4) is 17.6 Å². The molecule has 8 heteroatoms. The van der Waals surface area contributed by atoms with Crippen LogP contribution in [0.3, 0.4) is 0 Å². The van der Waals surface area contributed by atoms with Crippen LogP contribution in [0, 0.1) is 11.3 Å². The van der Waals surface area contributed by atoms with Gasteiger partial charge in [-0.1, -0.05) is 6.07 Å². The van der Waals surface area contributed by atoms with Crippen LogP contribution in [0.2, 0.25) is 0 Å². The molecule has 0 radical (unpaired) electrons. The summed E-state index contributed by atoms with van der Waals surface area (Å²) in [5.74, 6) is 0.116. The molecule has 0 unspecified atom stereocenters. The molecule has 138 valence electrons. The van der Waals surface area contributed by atoms with E-state index in [1.54, 1.807) is 24.0 Å². The van der Waals surface area contributed by atoms with Crippen LogP contribution < -0.4 is 9.47 Å². The minimum Gasteiger partial charge on any atom is -0.493 e. The van der Waals surface area contributed by atoms with E-state index < -0.39 is 6.16 Å². The number of rotatable bonds is 5. The van der Waals surface area contributed by atoms with E-state index in [1.165, 1.54) is 19.3 Å². The first kappa shape index (κ1) is 19.3. The third-order valence-corrected chi connectivity index (χ3v) is 3.60. The van der Waals surface area contributed by atoms with Gasteiger partial charge in [0.15, 0.2) is 11.5 Å². The van der Waals surface area contributed by atoms with Crippen molar-refractivity contribution in [3.63, 3.8) is 0 Å². The lowest BCUT2D eigenvalue weighted by atomic mass is 10.1. The number of hydrogen-bond donors (Lipinski definition) is 0. The van der Waals surface area contributed by atoms with E-state index in [9.17, 15) is 14.9 Å². The maximum absolute atomic E-state index is 12.4. The van der Waals surface area contributed by atoms with Gasteiger partial charge in [-0.25, -0.2) is 4.79 Å². The minimum atomic E-state index is -0.839. The highest BCUT2D eigenvalue weighted by molar-refractivity contribution is 6.01. The van der Waals surface area contributed by atoms with Crippen molar-refractivity contribution in [2.75, 3.05) is 40.0 Å². The van der Waals surface area contributed by atoms with Crippen LogP contribution in [-0.2, 0) is 14.3 Å². The van der Waals surface area contributed by atoms with Crippen LogP contribution in [0.4, 0.5) is 4.79 Å². The first-order chi connectivity index (χ1) is 12.6. The number of nitriles is 1. The summed E-state index contributed by atoms with van der Waals surface area (Å²) in [6.45, 7) is 3.68. The Morgan fingerprint density at radius 1 is 1.31 bits per heavy atom. The first-order valence-electron chi connectivity index (χ1n) is 8.10. The molecule has 0 atom stereocenters. The maximum Gasteiger partial charge on any atom is 0.513 e. The second-order valence-corrected chi connectivity index (χ2v) is 5.27. The lowest BCUT2D eigenvalue weighted by molar-refractivity contribution is -0.130. The molecular weight excluding hydrogens is 340 g/mol. The molecule has 1 aromatic rings. The fourth-order valence-electron chi connectivity index (χ4n) is 2.34. The van der Waals surface area contributed by atoms with Crippen molar-refractivity contribution in [2.45, 2.75) is 6.92 Å². The van der Waals surface area contributed by atoms with Crippen molar-refractivity contribution in [1.29, 1.82) is 5.26 Å². The van der Waals surface area contributed by atoms with Crippen LogP contribution in [0.5, 0.6) is 11.5 Å². The lowest BCUT2D eigenvalue weighted by Gasteiger charge is -2.26. The Bertz CT molecular complexity index is 732. The van der Waals surface area contributed by atoms with Crippen molar-refractivity contribution >= 4 is 18.1 Å². The van der Waals surface area contributed by atoms with Crippen molar-refractivity contribution < 1.29 is 28.5 Å². The summed E-state index contributed by atoms with van der Waals surface area (Å²) in [5.41, 5.74) is 0.573. The fourth-order valence-corrected chi connectivity index (χ4v) is 2.34. The van der Waals surface area contributed by atoms with E-state index in [1.807, 2.05) is 6.07 Å². The van der Waals surface area contributed by atoms with Gasteiger partial charge in [0.05, 0.1) is 26.9 Å². The van der Waals surface area contributed by atoms with Gasteiger partial charge in [-0.05, 0) is 30.7 Å². The Kier molecular flexibility index (Phi) is 7.00. The summed E-state index contributed by atoms with van der Waals surface area (Å²) in [6, 6.07) is 6.62. The summed E-state index contributed by atoms with van der Waals surface area (Å²) >= 11 is 0. The predicted octanol–water partition coefficient (Wildman–Crippen LogP) is 2.00. The molecular formula is C18H20N2O6. The standard InChI is InChI=1S/C18H20N2O6/c1-3-25-18(22)26-15-5-4-13(11-16(15)23-2)10-14(12-19)17(21)20-6-8-24-9-7-20/h4-5,10-11H,3,6-9H2,1-2H3/b14-10+. The molecule has 0 aromatic heterocycles. The third-order valence-electron chi connectivity index (χ3n) is 3.60. The quantitative estimate of drug-likeness (QED) is 0.343. The van der Waals surface area contributed by atoms with Crippen LogP contribution in [0.25, 0.3) is 6.08 Å². The molecule has 0 spiro atoms. The number of carbonyl (C=O) groups excluding carboxylic acids is 2. The second kappa shape index (κ2) is 9.44. The first-order valence-corrected chi connectivity index (χ1v) is 8.10. The molecule has 1 saturated heterocycles. The third kappa shape index (κ3) is 4.97. The van der Waals surface area contributed by atoms with Gasteiger partial charge in [0.1, 0.15) is 11.6 Å². The molecule has 0 aliphatic carbocycles. The van der Waals surface area contributed by atoms with E-state index >= 15 is 0 Å². The summed E-state index contributed by atoms with van der Waals surface area (Å²) in [6.07, 6.45) is 0.628. The number of morpholine rings is 1. The molecule has 1 aliphatic rings. The Hall–Kier alpha value is -3.05. The lowest BCUT2D eigenvalue weighted by Crippen LogP contribution is -2.41. The van der Waals surface area contributed by atoms with E-state index in [0.717, 1.165) is 0 Å². The molecule has 26 heavy (non-hydrogen) atoms. The molecule has 0 N–H and O–H groups in total. The summed E-state index contributed by atoms with van der Waals surface area (Å²) in [4.78, 5) is 25.5. The number of benzene rings is 1. The minimum absolute atomic E-state index is 0.00742. The summed E-state index contributed by atoms with van der Waals surface area (Å²) < 4.78 is 20.2. The highest BCUT2D eigenvalue weighted by Gasteiger charge is 2.21. The topological polar surface area (TPSA) is 98.1 Å². The molecule has 0 bridgehead atoms. The Morgan fingerprint density at radius 3 is 2.65 bits per heavy atom. The molecule has 1 amide bonds. The van der Waals surface area contributed by atoms with E-state index in [-0.39, 0.29) is 29.6 Å². The van der Waals surface area contributed by atoms with Crippen LogP contribution >= 0.6 is 0 Å². The number of hydrogen-bond acceptors (Lipinski definition) is 7. The number of methoxy groups -OCH3 is 1. The van der Waals surface area contributed by atoms with E-state index in [2.05, 4.69) is 0 Å². The number of amides is 1.